The second-order valence-corrected chi connectivity index (χ2v) is 9.81. The molecule has 4 aromatic rings. The van der Waals surface area contributed by atoms with Crippen LogP contribution in [-0.4, -0.2) is 52.9 Å². The number of carbonyl (C=O) groups excluding carboxylic acids is 2. The van der Waals surface area contributed by atoms with Crippen LogP contribution in [0.4, 0.5) is 15.6 Å². The number of carbonyl (C=O) groups is 2. The highest BCUT2D eigenvalue weighted by atomic mass is 35.5. The Kier molecular flexibility index (Phi) is 6.94. The highest BCUT2D eigenvalue weighted by Crippen LogP contribution is 2.26. The Morgan fingerprint density at radius 2 is 1.60 bits per heavy atom. The lowest BCUT2D eigenvalue weighted by Gasteiger charge is -2.34. The van der Waals surface area contributed by atoms with Gasteiger partial charge in [0.2, 0.25) is 0 Å². The lowest BCUT2D eigenvalue weighted by molar-refractivity contribution is 0.102. The molecule has 1 aromatic heterocycles. The molecule has 9 heteroatoms. The maximum Gasteiger partial charge on any atom is 0.321 e. The van der Waals surface area contributed by atoms with Gasteiger partial charge in [-0.3, -0.25) is 15.0 Å². The van der Waals surface area contributed by atoms with E-state index in [9.17, 15) is 9.59 Å². The van der Waals surface area contributed by atoms with E-state index < -0.39 is 0 Å². The number of fused-ring (bicyclic) bond motifs is 1. The summed E-state index contributed by atoms with van der Waals surface area (Å²) in [5.74, 6) is -0.170. The minimum absolute atomic E-state index is 0.101. The topological polar surface area (TPSA) is 77.6 Å². The Balaban J connectivity index is 1.10. The fourth-order valence-corrected chi connectivity index (χ4v) is 4.95. The van der Waals surface area contributed by atoms with Crippen molar-refractivity contribution in [2.45, 2.75) is 6.54 Å². The second kappa shape index (κ2) is 10.4. The SMILES string of the molecule is O=C(Nc1nc2ccccc2s1)c1ccc(CN2CCN(C(=O)Nc3ccc(Cl)cc3)CC2)cc1. The van der Waals surface area contributed by atoms with Crippen LogP contribution in [0.15, 0.2) is 72.8 Å². The fraction of sp³-hybridized carbons (Fsp3) is 0.192. The van der Waals surface area contributed by atoms with Crippen molar-refractivity contribution in [2.24, 2.45) is 0 Å². The van der Waals surface area contributed by atoms with E-state index in [2.05, 4.69) is 20.5 Å². The van der Waals surface area contributed by atoms with Gasteiger partial charge in [0.25, 0.3) is 5.91 Å². The lowest BCUT2D eigenvalue weighted by Crippen LogP contribution is -2.49. The molecular weight excluding hydrogens is 482 g/mol. The van der Waals surface area contributed by atoms with Gasteiger partial charge in [0, 0.05) is 49.0 Å². The van der Waals surface area contributed by atoms with E-state index in [4.69, 9.17) is 11.6 Å². The minimum atomic E-state index is -0.170. The summed E-state index contributed by atoms with van der Waals surface area (Å²) in [6.07, 6.45) is 0. The van der Waals surface area contributed by atoms with Crippen LogP contribution in [-0.2, 0) is 6.54 Å². The van der Waals surface area contributed by atoms with Crippen LogP contribution in [0, 0.1) is 0 Å². The number of hydrogen-bond acceptors (Lipinski definition) is 5. The number of thiazole rings is 1. The summed E-state index contributed by atoms with van der Waals surface area (Å²) in [7, 11) is 0. The number of nitrogens with one attached hydrogen (secondary N) is 2. The van der Waals surface area contributed by atoms with Crippen LogP contribution in [0.5, 0.6) is 0 Å². The maximum atomic E-state index is 12.6. The molecule has 2 N–H and O–H groups in total. The molecular formula is C26H24ClN5O2S. The van der Waals surface area contributed by atoms with Crippen LogP contribution < -0.4 is 10.6 Å². The normalized spacial score (nSPS) is 14.1. The molecule has 0 saturated carbocycles. The van der Waals surface area contributed by atoms with Gasteiger partial charge in [0.05, 0.1) is 10.2 Å². The molecule has 2 heterocycles. The summed E-state index contributed by atoms with van der Waals surface area (Å²) in [6, 6.07) is 22.4. The van der Waals surface area contributed by atoms with Crippen LogP contribution in [0.1, 0.15) is 15.9 Å². The maximum absolute atomic E-state index is 12.6. The summed E-state index contributed by atoms with van der Waals surface area (Å²) in [4.78, 5) is 33.7. The van der Waals surface area contributed by atoms with Crippen molar-refractivity contribution < 1.29 is 9.59 Å². The molecule has 3 aromatic carbocycles. The van der Waals surface area contributed by atoms with Gasteiger partial charge in [-0.25, -0.2) is 9.78 Å². The molecule has 1 saturated heterocycles. The monoisotopic (exact) mass is 505 g/mol. The molecule has 0 atom stereocenters. The number of piperazine rings is 1. The summed E-state index contributed by atoms with van der Waals surface area (Å²) in [5.41, 5.74) is 3.33. The molecule has 1 aliphatic heterocycles. The number of urea groups is 1. The largest absolute Gasteiger partial charge is 0.322 e. The van der Waals surface area contributed by atoms with Crippen molar-refractivity contribution >= 4 is 55.9 Å². The predicted octanol–water partition coefficient (Wildman–Crippen LogP) is 5.55. The molecule has 0 unspecified atom stereocenters. The number of halogens is 1. The molecule has 35 heavy (non-hydrogen) atoms. The van der Waals surface area contributed by atoms with E-state index in [-0.39, 0.29) is 11.9 Å². The molecule has 3 amide bonds. The van der Waals surface area contributed by atoms with Crippen LogP contribution >= 0.6 is 22.9 Å². The van der Waals surface area contributed by atoms with E-state index in [1.54, 1.807) is 24.3 Å². The number of para-hydroxylation sites is 1. The predicted molar refractivity (Wildman–Crippen MR) is 141 cm³/mol. The Morgan fingerprint density at radius 3 is 2.31 bits per heavy atom. The standard InChI is InChI=1S/C26H24ClN5O2S/c27-20-9-11-21(12-10-20)28-26(34)32-15-13-31(14-16-32)17-18-5-7-19(8-6-18)24(33)30-25-29-22-3-1-2-4-23(22)35-25/h1-12H,13-17H2,(H,28,34)(H,29,30,33). The van der Waals surface area contributed by atoms with Gasteiger partial charge in [-0.2, -0.15) is 0 Å². The number of amides is 3. The van der Waals surface area contributed by atoms with Crippen molar-refractivity contribution in [3.8, 4) is 0 Å². The van der Waals surface area contributed by atoms with E-state index >= 15 is 0 Å². The van der Waals surface area contributed by atoms with E-state index in [0.29, 0.717) is 28.8 Å². The highest BCUT2D eigenvalue weighted by molar-refractivity contribution is 7.22. The average molecular weight is 506 g/mol. The first kappa shape index (κ1) is 23.3. The summed E-state index contributed by atoms with van der Waals surface area (Å²) in [5, 5.41) is 7.04. The first-order chi connectivity index (χ1) is 17.0. The third kappa shape index (κ3) is 5.79. The zero-order chi connectivity index (χ0) is 24.2. The third-order valence-electron chi connectivity index (χ3n) is 5.89. The van der Waals surface area contributed by atoms with Crippen molar-refractivity contribution in [1.82, 2.24) is 14.8 Å². The van der Waals surface area contributed by atoms with Crippen molar-refractivity contribution in [3.63, 3.8) is 0 Å². The molecule has 178 valence electrons. The number of rotatable bonds is 5. The molecule has 0 aliphatic carbocycles. The first-order valence-electron chi connectivity index (χ1n) is 11.3. The number of benzene rings is 3. The van der Waals surface area contributed by atoms with E-state index in [0.717, 1.165) is 41.1 Å². The Hall–Kier alpha value is -3.46. The molecule has 1 fully saturated rings. The van der Waals surface area contributed by atoms with Gasteiger partial charge < -0.3 is 10.2 Å². The lowest BCUT2D eigenvalue weighted by atomic mass is 10.1. The van der Waals surface area contributed by atoms with Gasteiger partial charge in [0.15, 0.2) is 5.13 Å². The molecule has 1 aliphatic rings. The molecule has 0 bridgehead atoms. The number of hydrogen-bond donors (Lipinski definition) is 2. The smallest absolute Gasteiger partial charge is 0.321 e. The van der Waals surface area contributed by atoms with Gasteiger partial charge in [-0.05, 0) is 54.1 Å². The number of anilines is 2. The zero-order valence-electron chi connectivity index (χ0n) is 18.9. The Bertz CT molecular complexity index is 1300. The van der Waals surface area contributed by atoms with Crippen molar-refractivity contribution in [1.29, 1.82) is 0 Å². The van der Waals surface area contributed by atoms with Crippen LogP contribution in [0.3, 0.4) is 0 Å². The third-order valence-corrected chi connectivity index (χ3v) is 7.10. The Morgan fingerprint density at radius 1 is 0.886 bits per heavy atom. The second-order valence-electron chi connectivity index (χ2n) is 8.34. The first-order valence-corrected chi connectivity index (χ1v) is 12.5. The average Bonchev–Trinajstić information content (AvgIpc) is 3.28. The summed E-state index contributed by atoms with van der Waals surface area (Å²) >= 11 is 7.36. The van der Waals surface area contributed by atoms with Crippen molar-refractivity contribution in [3.05, 3.63) is 88.9 Å². The summed E-state index contributed by atoms with van der Waals surface area (Å²) in [6.45, 7) is 3.65. The fourth-order valence-electron chi connectivity index (χ4n) is 3.96. The zero-order valence-corrected chi connectivity index (χ0v) is 20.5. The summed E-state index contributed by atoms with van der Waals surface area (Å²) < 4.78 is 1.04. The van der Waals surface area contributed by atoms with Crippen LogP contribution in [0.2, 0.25) is 5.02 Å². The number of nitrogens with zero attached hydrogens (tertiary/aromatic N) is 3. The van der Waals surface area contributed by atoms with Gasteiger partial charge >= 0.3 is 6.03 Å². The highest BCUT2D eigenvalue weighted by Gasteiger charge is 2.21. The minimum Gasteiger partial charge on any atom is -0.322 e. The quantitative estimate of drug-likeness (QED) is 0.372. The van der Waals surface area contributed by atoms with Crippen LogP contribution in [0.25, 0.3) is 10.2 Å². The molecule has 0 radical (unpaired) electrons. The van der Waals surface area contributed by atoms with E-state index in [1.807, 2.05) is 53.4 Å². The van der Waals surface area contributed by atoms with E-state index in [1.165, 1.54) is 11.3 Å². The molecule has 5 rings (SSSR count). The molecule has 7 nitrogen and oxygen atoms in total. The van der Waals surface area contributed by atoms with Gasteiger partial charge in [-0.15, -0.1) is 0 Å². The Labute approximate surface area is 212 Å². The molecule has 0 spiro atoms. The van der Waals surface area contributed by atoms with Gasteiger partial charge in [-0.1, -0.05) is 47.2 Å². The number of aromatic nitrogens is 1. The van der Waals surface area contributed by atoms with Gasteiger partial charge in [0.1, 0.15) is 0 Å². The van der Waals surface area contributed by atoms with Crippen molar-refractivity contribution in [2.75, 3.05) is 36.8 Å².